The maximum Gasteiger partial charge on any atom is 0.162 e. The van der Waals surface area contributed by atoms with E-state index in [1.54, 1.807) is 24.3 Å². The Labute approximate surface area is 138 Å². The molecule has 1 aromatic carbocycles. The Kier molecular flexibility index (Phi) is 6.57. The molecule has 1 heterocycles. The van der Waals surface area contributed by atoms with Crippen molar-refractivity contribution in [2.75, 3.05) is 26.2 Å². The number of ether oxygens (including phenoxy) is 2. The fourth-order valence-electron chi connectivity index (χ4n) is 3.08. The SMILES string of the molecule is CCC(=O)c1ccc(OC[C@@H](O)C[NH+]2C[C@@H](C)O[C@@H](C)C2)cc1. The van der Waals surface area contributed by atoms with Crippen LogP contribution in [0.1, 0.15) is 37.6 Å². The molecule has 5 heteroatoms. The number of morpholine rings is 1. The van der Waals surface area contributed by atoms with E-state index in [1.807, 2.05) is 6.92 Å². The Morgan fingerprint density at radius 3 is 2.48 bits per heavy atom. The number of ketones is 1. The molecule has 0 bridgehead atoms. The molecule has 1 fully saturated rings. The number of aliphatic hydroxyl groups excluding tert-OH is 1. The van der Waals surface area contributed by atoms with E-state index in [9.17, 15) is 9.90 Å². The number of quaternary nitrogens is 1. The summed E-state index contributed by atoms with van der Waals surface area (Å²) in [6.07, 6.45) is 0.438. The van der Waals surface area contributed by atoms with Gasteiger partial charge in [-0.3, -0.25) is 4.79 Å². The van der Waals surface area contributed by atoms with Crippen LogP contribution < -0.4 is 9.64 Å². The Morgan fingerprint density at radius 2 is 1.91 bits per heavy atom. The number of benzene rings is 1. The summed E-state index contributed by atoms with van der Waals surface area (Å²) in [4.78, 5) is 12.9. The molecule has 2 rings (SSSR count). The monoisotopic (exact) mass is 322 g/mol. The van der Waals surface area contributed by atoms with Crippen LogP contribution in [0.25, 0.3) is 0 Å². The second-order valence-corrected chi connectivity index (χ2v) is 6.39. The minimum absolute atomic E-state index is 0.121. The van der Waals surface area contributed by atoms with Gasteiger partial charge >= 0.3 is 0 Å². The maximum absolute atomic E-state index is 11.6. The van der Waals surface area contributed by atoms with Gasteiger partial charge in [0, 0.05) is 12.0 Å². The highest BCUT2D eigenvalue weighted by Gasteiger charge is 2.27. The molecular formula is C18H28NO4+. The van der Waals surface area contributed by atoms with Gasteiger partial charge in [0.15, 0.2) is 5.78 Å². The van der Waals surface area contributed by atoms with E-state index in [0.29, 0.717) is 24.3 Å². The van der Waals surface area contributed by atoms with Crippen LogP contribution in [-0.4, -0.2) is 55.4 Å². The summed E-state index contributed by atoms with van der Waals surface area (Å²) in [7, 11) is 0. The summed E-state index contributed by atoms with van der Waals surface area (Å²) in [5, 5.41) is 10.2. The van der Waals surface area contributed by atoms with Gasteiger partial charge in [0.2, 0.25) is 0 Å². The molecule has 0 aliphatic carbocycles. The lowest BCUT2D eigenvalue weighted by Crippen LogP contribution is -3.16. The zero-order chi connectivity index (χ0) is 16.8. The lowest BCUT2D eigenvalue weighted by atomic mass is 10.1. The number of hydrogen-bond donors (Lipinski definition) is 2. The Morgan fingerprint density at radius 1 is 1.30 bits per heavy atom. The van der Waals surface area contributed by atoms with Gasteiger partial charge in [0.1, 0.15) is 50.3 Å². The highest BCUT2D eigenvalue weighted by atomic mass is 16.5. The van der Waals surface area contributed by atoms with Crippen molar-refractivity contribution in [3.63, 3.8) is 0 Å². The lowest BCUT2D eigenvalue weighted by Gasteiger charge is -2.33. The Hall–Kier alpha value is -1.43. The predicted molar refractivity (Wildman–Crippen MR) is 88.1 cm³/mol. The third-order valence-corrected chi connectivity index (χ3v) is 4.08. The first-order valence-corrected chi connectivity index (χ1v) is 8.41. The molecule has 0 amide bonds. The van der Waals surface area contributed by atoms with Crippen molar-refractivity contribution < 1.29 is 24.3 Å². The van der Waals surface area contributed by atoms with Gasteiger partial charge in [-0.15, -0.1) is 0 Å². The molecule has 1 aliphatic rings. The molecule has 1 aliphatic heterocycles. The van der Waals surface area contributed by atoms with Gasteiger partial charge < -0.3 is 19.5 Å². The first-order valence-electron chi connectivity index (χ1n) is 8.41. The minimum atomic E-state index is -0.514. The molecular weight excluding hydrogens is 294 g/mol. The summed E-state index contributed by atoms with van der Waals surface area (Å²) in [5.41, 5.74) is 0.695. The quantitative estimate of drug-likeness (QED) is 0.726. The van der Waals surface area contributed by atoms with Gasteiger partial charge in [-0.1, -0.05) is 6.92 Å². The lowest BCUT2D eigenvalue weighted by molar-refractivity contribution is -0.918. The Balaban J connectivity index is 1.77. The summed E-state index contributed by atoms with van der Waals surface area (Å²) >= 11 is 0. The summed E-state index contributed by atoms with van der Waals surface area (Å²) in [6.45, 7) is 8.72. The van der Waals surface area contributed by atoms with Crippen LogP contribution in [0.15, 0.2) is 24.3 Å². The normalized spacial score (nSPS) is 25.8. The van der Waals surface area contributed by atoms with E-state index < -0.39 is 6.10 Å². The molecule has 0 radical (unpaired) electrons. The van der Waals surface area contributed by atoms with Gasteiger partial charge in [-0.25, -0.2) is 0 Å². The fourth-order valence-corrected chi connectivity index (χ4v) is 3.08. The Bertz CT molecular complexity index is 492. The molecule has 1 saturated heterocycles. The van der Waals surface area contributed by atoms with Gasteiger partial charge in [0.25, 0.3) is 0 Å². The van der Waals surface area contributed by atoms with Crippen molar-refractivity contribution in [2.45, 2.75) is 45.5 Å². The highest BCUT2D eigenvalue weighted by molar-refractivity contribution is 5.95. The van der Waals surface area contributed by atoms with Crippen molar-refractivity contribution in [1.29, 1.82) is 0 Å². The maximum atomic E-state index is 11.6. The van der Waals surface area contributed by atoms with Crippen molar-refractivity contribution >= 4 is 5.78 Å². The number of hydrogen-bond acceptors (Lipinski definition) is 4. The number of carbonyl (C=O) groups excluding carboxylic acids is 1. The molecule has 4 atom stereocenters. The fraction of sp³-hybridized carbons (Fsp3) is 0.611. The second-order valence-electron chi connectivity index (χ2n) is 6.39. The molecule has 1 unspecified atom stereocenters. The van der Waals surface area contributed by atoms with Crippen molar-refractivity contribution in [3.05, 3.63) is 29.8 Å². The predicted octanol–water partition coefficient (Wildman–Crippen LogP) is 0.711. The average Bonchev–Trinajstić information content (AvgIpc) is 2.51. The molecule has 0 saturated carbocycles. The summed E-state index contributed by atoms with van der Waals surface area (Å²) < 4.78 is 11.3. The standard InChI is InChI=1S/C18H27NO4/c1-4-18(21)15-5-7-17(8-6-15)22-12-16(20)11-19-9-13(2)23-14(3)10-19/h5-8,13-14,16,20H,4,9-12H2,1-3H3/p+1/t13-,14+,16-/m0/s1. The van der Waals surface area contributed by atoms with Gasteiger partial charge in [0.05, 0.1) is 0 Å². The highest BCUT2D eigenvalue weighted by Crippen LogP contribution is 2.13. The van der Waals surface area contributed by atoms with Crippen molar-refractivity contribution in [1.82, 2.24) is 0 Å². The molecule has 1 aromatic rings. The van der Waals surface area contributed by atoms with Crippen LogP contribution in [0, 0.1) is 0 Å². The first-order chi connectivity index (χ1) is 11.0. The van der Waals surface area contributed by atoms with E-state index in [2.05, 4.69) is 13.8 Å². The zero-order valence-electron chi connectivity index (χ0n) is 14.2. The van der Waals surface area contributed by atoms with Crippen LogP contribution in [0.4, 0.5) is 0 Å². The zero-order valence-corrected chi connectivity index (χ0v) is 14.2. The van der Waals surface area contributed by atoms with E-state index in [4.69, 9.17) is 9.47 Å². The number of carbonyl (C=O) groups is 1. The topological polar surface area (TPSA) is 60.2 Å². The third kappa shape index (κ3) is 5.61. The van der Waals surface area contributed by atoms with Crippen molar-refractivity contribution in [2.24, 2.45) is 0 Å². The average molecular weight is 322 g/mol. The molecule has 5 nitrogen and oxygen atoms in total. The number of Topliss-reactive ketones (excluding diaryl/α,β-unsaturated/α-hetero) is 1. The van der Waals surface area contributed by atoms with Crippen LogP contribution >= 0.6 is 0 Å². The largest absolute Gasteiger partial charge is 0.491 e. The number of aliphatic hydroxyl groups is 1. The summed E-state index contributed by atoms with van der Waals surface area (Å²) in [5.74, 6) is 0.797. The minimum Gasteiger partial charge on any atom is -0.491 e. The molecule has 0 aromatic heterocycles. The molecule has 0 spiro atoms. The van der Waals surface area contributed by atoms with E-state index in [-0.39, 0.29) is 24.6 Å². The van der Waals surface area contributed by atoms with E-state index in [1.165, 1.54) is 4.90 Å². The number of nitrogens with one attached hydrogen (secondary N) is 1. The van der Waals surface area contributed by atoms with Crippen LogP contribution in [0.3, 0.4) is 0 Å². The van der Waals surface area contributed by atoms with Gasteiger partial charge in [-0.2, -0.15) is 0 Å². The van der Waals surface area contributed by atoms with Crippen LogP contribution in [-0.2, 0) is 4.74 Å². The van der Waals surface area contributed by atoms with Crippen LogP contribution in [0.2, 0.25) is 0 Å². The summed E-state index contributed by atoms with van der Waals surface area (Å²) in [6, 6.07) is 7.09. The molecule has 23 heavy (non-hydrogen) atoms. The smallest absolute Gasteiger partial charge is 0.162 e. The van der Waals surface area contributed by atoms with Crippen LogP contribution in [0.5, 0.6) is 5.75 Å². The number of rotatable bonds is 7. The van der Waals surface area contributed by atoms with Gasteiger partial charge in [-0.05, 0) is 38.1 Å². The van der Waals surface area contributed by atoms with E-state index in [0.717, 1.165) is 13.1 Å². The molecule has 128 valence electrons. The second kappa shape index (κ2) is 8.43. The van der Waals surface area contributed by atoms with Crippen molar-refractivity contribution in [3.8, 4) is 5.75 Å². The molecule has 2 N–H and O–H groups in total. The van der Waals surface area contributed by atoms with E-state index >= 15 is 0 Å². The third-order valence-electron chi connectivity index (χ3n) is 4.08. The first kappa shape index (κ1) is 17.9.